The van der Waals surface area contributed by atoms with Crippen LogP contribution in [0.15, 0.2) is 29.5 Å². The van der Waals surface area contributed by atoms with Gasteiger partial charge in [0.2, 0.25) is 0 Å². The molecule has 196 valence electrons. The Morgan fingerprint density at radius 2 is 1.66 bits per heavy atom. The second kappa shape index (κ2) is 15.3. The van der Waals surface area contributed by atoms with Gasteiger partial charge in [-0.3, -0.25) is 0 Å². The lowest BCUT2D eigenvalue weighted by molar-refractivity contribution is -0.143. The van der Waals surface area contributed by atoms with Crippen molar-refractivity contribution in [1.82, 2.24) is 10.6 Å². The van der Waals surface area contributed by atoms with Crippen LogP contribution in [0.3, 0.4) is 0 Å². The molecule has 0 bridgehead atoms. The largest absolute Gasteiger partial charge is 0.490 e. The Kier molecular flexibility index (Phi) is 12.5. The fourth-order valence-corrected chi connectivity index (χ4v) is 4.17. The molecule has 0 radical (unpaired) electrons. The number of ether oxygens (including phenoxy) is 3. The van der Waals surface area contributed by atoms with E-state index in [-0.39, 0.29) is 12.1 Å². The molecule has 1 unspecified atom stereocenters. The van der Waals surface area contributed by atoms with E-state index in [4.69, 9.17) is 14.2 Å². The van der Waals surface area contributed by atoms with Gasteiger partial charge in [0.05, 0.1) is 30.9 Å². The topological polar surface area (TPSA) is 85.9 Å². The van der Waals surface area contributed by atoms with E-state index in [0.717, 1.165) is 24.8 Å². The first-order valence-corrected chi connectivity index (χ1v) is 13.3. The highest BCUT2D eigenvalue weighted by atomic mass is 16.5. The zero-order valence-corrected chi connectivity index (χ0v) is 22.2. The Labute approximate surface area is 211 Å². The van der Waals surface area contributed by atoms with Gasteiger partial charge in [-0.2, -0.15) is 0 Å². The third-order valence-electron chi connectivity index (χ3n) is 5.82. The minimum absolute atomic E-state index is 0.266. The smallest absolute Gasteiger partial charge is 0.338 e. The Morgan fingerprint density at radius 3 is 2.31 bits per heavy atom. The van der Waals surface area contributed by atoms with E-state index in [2.05, 4.69) is 17.6 Å². The molecule has 1 aliphatic rings. The minimum atomic E-state index is -0.632. The molecule has 1 aliphatic heterocycles. The second-order valence-corrected chi connectivity index (χ2v) is 9.24. The molecule has 1 atom stereocenters. The molecule has 35 heavy (non-hydrogen) atoms. The first kappa shape index (κ1) is 28.5. The molecule has 0 saturated heterocycles. The monoisotopic (exact) mass is 488 g/mol. The highest BCUT2D eigenvalue weighted by Crippen LogP contribution is 2.35. The third kappa shape index (κ3) is 9.11. The lowest BCUT2D eigenvalue weighted by Gasteiger charge is -2.30. The van der Waals surface area contributed by atoms with Gasteiger partial charge in [0.25, 0.3) is 0 Å². The van der Waals surface area contributed by atoms with Gasteiger partial charge in [-0.25, -0.2) is 9.59 Å². The highest BCUT2D eigenvalue weighted by molar-refractivity contribution is 5.95. The van der Waals surface area contributed by atoms with E-state index >= 15 is 0 Å². The fraction of sp³-hybridized carbons (Fsp3) is 0.643. The third-order valence-corrected chi connectivity index (χ3v) is 5.82. The lowest BCUT2D eigenvalue weighted by atomic mass is 9.93. The Balaban J connectivity index is 2.19. The van der Waals surface area contributed by atoms with Crippen LogP contribution in [0, 0.1) is 0 Å². The average molecular weight is 489 g/mol. The molecular weight excluding hydrogens is 444 g/mol. The number of nitrogens with one attached hydrogen (secondary N) is 2. The molecule has 2 amide bonds. The number of benzene rings is 1. The maximum Gasteiger partial charge on any atom is 0.338 e. The van der Waals surface area contributed by atoms with Gasteiger partial charge >= 0.3 is 12.0 Å². The van der Waals surface area contributed by atoms with E-state index in [0.29, 0.717) is 42.4 Å². The van der Waals surface area contributed by atoms with Crippen molar-refractivity contribution >= 4 is 12.0 Å². The molecule has 0 aliphatic carbocycles. The van der Waals surface area contributed by atoms with Gasteiger partial charge < -0.3 is 24.8 Å². The highest BCUT2D eigenvalue weighted by Gasteiger charge is 2.34. The molecule has 0 saturated carbocycles. The number of allylic oxidation sites excluding steroid dienone is 1. The van der Waals surface area contributed by atoms with Gasteiger partial charge in [0.1, 0.15) is 0 Å². The Hall–Kier alpha value is -2.70. The Morgan fingerprint density at radius 1 is 0.943 bits per heavy atom. The van der Waals surface area contributed by atoms with Crippen LogP contribution in [-0.4, -0.2) is 31.3 Å². The first-order valence-electron chi connectivity index (χ1n) is 13.3. The van der Waals surface area contributed by atoms with Crippen molar-refractivity contribution in [3.8, 4) is 11.5 Å². The van der Waals surface area contributed by atoms with E-state index in [1.54, 1.807) is 0 Å². The zero-order chi connectivity index (χ0) is 25.6. The summed E-state index contributed by atoms with van der Waals surface area (Å²) < 4.78 is 17.4. The van der Waals surface area contributed by atoms with Gasteiger partial charge in [0, 0.05) is 5.70 Å². The molecule has 1 aromatic carbocycles. The number of unbranched alkanes of at least 4 members (excludes halogenated alkanes) is 6. The van der Waals surface area contributed by atoms with Crippen molar-refractivity contribution in [2.24, 2.45) is 0 Å². The summed E-state index contributed by atoms with van der Waals surface area (Å²) in [6.45, 7) is 10.9. The molecule has 7 heteroatoms. The normalized spacial score (nSPS) is 15.6. The van der Waals surface area contributed by atoms with E-state index in [1.807, 2.05) is 45.9 Å². The summed E-state index contributed by atoms with van der Waals surface area (Å²) in [4.78, 5) is 25.4. The van der Waals surface area contributed by atoms with Crippen molar-refractivity contribution < 1.29 is 23.8 Å². The van der Waals surface area contributed by atoms with Crippen LogP contribution in [-0.2, 0) is 9.53 Å². The summed E-state index contributed by atoms with van der Waals surface area (Å²) >= 11 is 0. The first-order chi connectivity index (χ1) is 16.9. The molecule has 2 N–H and O–H groups in total. The van der Waals surface area contributed by atoms with Crippen LogP contribution in [0.4, 0.5) is 4.79 Å². The van der Waals surface area contributed by atoms with Crippen LogP contribution in [0.5, 0.6) is 11.5 Å². The molecule has 1 heterocycles. The number of esters is 1. The SMILES string of the molecule is CCCCCCCCCOc1ccc(C2NC(=O)NC(CCC)=C2C(=O)OC(C)C)cc1OCC. The van der Waals surface area contributed by atoms with Crippen LogP contribution in [0.25, 0.3) is 0 Å². The quantitative estimate of drug-likeness (QED) is 0.203. The van der Waals surface area contributed by atoms with Gasteiger partial charge in [-0.05, 0) is 51.3 Å². The number of carbonyl (C=O) groups is 2. The van der Waals surface area contributed by atoms with Crippen molar-refractivity contribution in [1.29, 1.82) is 0 Å². The maximum absolute atomic E-state index is 13.0. The van der Waals surface area contributed by atoms with E-state index in [9.17, 15) is 9.59 Å². The van der Waals surface area contributed by atoms with Crippen molar-refractivity contribution in [3.63, 3.8) is 0 Å². The number of hydrogen-bond donors (Lipinski definition) is 2. The molecule has 2 rings (SSSR count). The summed E-state index contributed by atoms with van der Waals surface area (Å²) in [5.74, 6) is 0.846. The van der Waals surface area contributed by atoms with Crippen LogP contribution >= 0.6 is 0 Å². The van der Waals surface area contributed by atoms with Crippen LogP contribution in [0.1, 0.15) is 104 Å². The number of carbonyl (C=O) groups excluding carboxylic acids is 2. The van der Waals surface area contributed by atoms with Gasteiger partial charge in [-0.15, -0.1) is 0 Å². The average Bonchev–Trinajstić information content (AvgIpc) is 2.81. The van der Waals surface area contributed by atoms with Crippen molar-refractivity contribution in [2.75, 3.05) is 13.2 Å². The number of rotatable bonds is 16. The molecule has 0 fully saturated rings. The fourth-order valence-electron chi connectivity index (χ4n) is 4.17. The van der Waals surface area contributed by atoms with Crippen molar-refractivity contribution in [2.45, 2.75) is 105 Å². The van der Waals surface area contributed by atoms with E-state index in [1.165, 1.54) is 32.1 Å². The van der Waals surface area contributed by atoms with Crippen LogP contribution < -0.4 is 20.1 Å². The molecule has 0 spiro atoms. The van der Waals surface area contributed by atoms with Gasteiger partial charge in [-0.1, -0.05) is 64.9 Å². The molecule has 7 nitrogen and oxygen atoms in total. The van der Waals surface area contributed by atoms with Gasteiger partial charge in [0.15, 0.2) is 11.5 Å². The standard InChI is InChI=1S/C28H44N2O5/c1-6-9-10-11-12-13-14-18-34-23-17-16-21(19-24(23)33-8-3)26-25(27(31)35-20(4)5)22(15-7-2)29-28(32)30-26/h16-17,19-20,26H,6-15,18H2,1-5H3,(H2,29,30,32). The predicted octanol–water partition coefficient (Wildman–Crippen LogP) is 6.57. The zero-order valence-electron chi connectivity index (χ0n) is 22.2. The molecular formula is C28H44N2O5. The number of urea groups is 1. The lowest BCUT2D eigenvalue weighted by Crippen LogP contribution is -2.46. The predicted molar refractivity (Wildman–Crippen MR) is 139 cm³/mol. The maximum atomic E-state index is 13.0. The number of hydrogen-bond acceptors (Lipinski definition) is 5. The number of amides is 2. The van der Waals surface area contributed by atoms with Crippen molar-refractivity contribution in [3.05, 3.63) is 35.0 Å². The van der Waals surface area contributed by atoms with Crippen LogP contribution in [0.2, 0.25) is 0 Å². The summed E-state index contributed by atoms with van der Waals surface area (Å²) in [6.07, 6.45) is 9.64. The summed E-state index contributed by atoms with van der Waals surface area (Å²) in [5.41, 5.74) is 1.78. The molecule has 1 aromatic rings. The second-order valence-electron chi connectivity index (χ2n) is 9.24. The minimum Gasteiger partial charge on any atom is -0.490 e. The summed E-state index contributed by atoms with van der Waals surface area (Å²) in [7, 11) is 0. The summed E-state index contributed by atoms with van der Waals surface area (Å²) in [5, 5.41) is 5.69. The summed E-state index contributed by atoms with van der Waals surface area (Å²) in [6, 6.07) is 4.63. The molecule has 0 aromatic heterocycles. The Bertz CT molecular complexity index is 850. The van der Waals surface area contributed by atoms with E-state index < -0.39 is 12.0 Å².